The normalized spacial score (nSPS) is 13.7. The van der Waals surface area contributed by atoms with Crippen LogP contribution in [0.2, 0.25) is 0 Å². The van der Waals surface area contributed by atoms with Gasteiger partial charge in [-0.3, -0.25) is 0 Å². The second-order valence-electron chi connectivity index (χ2n) is 3.50. The summed E-state index contributed by atoms with van der Waals surface area (Å²) >= 11 is 5.26. The monoisotopic (exact) mass is 304 g/mol. The molecule has 2 nitrogen and oxygen atoms in total. The van der Waals surface area contributed by atoms with E-state index in [9.17, 15) is 26.3 Å². The fraction of sp³-hybridized carbons (Fsp3) is 0.300. The lowest BCUT2D eigenvalue weighted by atomic mass is 10.1. The minimum absolute atomic E-state index is 0.00983. The predicted octanol–water partition coefficient (Wildman–Crippen LogP) is 3.95. The Morgan fingerprint density at radius 2 is 1.42 bits per heavy atom. The molecule has 0 fully saturated rings. The minimum atomic E-state index is -4.92. The number of amidine groups is 1. The average Bonchev–Trinajstić information content (AvgIpc) is 2.26. The zero-order chi connectivity index (χ0) is 14.8. The number of alkyl halides is 7. The molecule has 0 aromatic heterocycles. The van der Waals surface area contributed by atoms with Gasteiger partial charge < -0.3 is 5.73 Å². The molecule has 0 amide bonds. The van der Waals surface area contributed by atoms with E-state index in [2.05, 4.69) is 4.99 Å². The Balaban J connectivity index is 3.41. The van der Waals surface area contributed by atoms with Crippen LogP contribution in [0.3, 0.4) is 0 Å². The average molecular weight is 305 g/mol. The lowest BCUT2D eigenvalue weighted by Gasteiger charge is -2.12. The minimum Gasteiger partial charge on any atom is -0.386 e. The van der Waals surface area contributed by atoms with Gasteiger partial charge in [-0.1, -0.05) is 0 Å². The maximum Gasteiger partial charge on any atom is 0.416 e. The summed E-state index contributed by atoms with van der Waals surface area (Å²) in [6.45, 7) is 0. The van der Waals surface area contributed by atoms with Crippen LogP contribution in [0.5, 0.6) is 0 Å². The first kappa shape index (κ1) is 15.6. The van der Waals surface area contributed by atoms with Crippen molar-refractivity contribution in [1.82, 2.24) is 0 Å². The van der Waals surface area contributed by atoms with E-state index in [1.807, 2.05) is 0 Å². The van der Waals surface area contributed by atoms with Gasteiger partial charge in [-0.2, -0.15) is 26.3 Å². The Bertz CT molecular complexity index is 460. The molecule has 0 aliphatic heterocycles. The molecular weight excluding hydrogens is 298 g/mol. The molecule has 2 N–H and O–H groups in total. The van der Waals surface area contributed by atoms with Gasteiger partial charge in [-0.15, -0.1) is 11.6 Å². The quantitative estimate of drug-likeness (QED) is 0.382. The molecule has 0 unspecified atom stereocenters. The molecule has 0 saturated heterocycles. The fourth-order valence-electron chi connectivity index (χ4n) is 1.20. The Morgan fingerprint density at radius 3 is 1.74 bits per heavy atom. The summed E-state index contributed by atoms with van der Waals surface area (Å²) < 4.78 is 74.9. The van der Waals surface area contributed by atoms with Crippen LogP contribution in [0.1, 0.15) is 11.1 Å². The summed E-state index contributed by atoms with van der Waals surface area (Å²) in [5.41, 5.74) is 1.71. The first-order chi connectivity index (χ1) is 8.54. The zero-order valence-electron chi connectivity index (χ0n) is 9.11. The Labute approximate surface area is 108 Å². The predicted molar refractivity (Wildman–Crippen MR) is 58.4 cm³/mol. The van der Waals surface area contributed by atoms with Crippen LogP contribution in [-0.4, -0.2) is 11.7 Å². The number of benzene rings is 1. The van der Waals surface area contributed by atoms with Gasteiger partial charge in [-0.05, 0) is 18.2 Å². The molecular formula is C10H7ClF6N2. The molecule has 0 heterocycles. The van der Waals surface area contributed by atoms with Crippen molar-refractivity contribution in [1.29, 1.82) is 0 Å². The maximum absolute atomic E-state index is 12.5. The van der Waals surface area contributed by atoms with Gasteiger partial charge in [0.25, 0.3) is 0 Å². The molecule has 1 aromatic carbocycles. The van der Waals surface area contributed by atoms with Crippen LogP contribution in [0.25, 0.3) is 0 Å². The Kier molecular flexibility index (Phi) is 4.34. The summed E-state index contributed by atoms with van der Waals surface area (Å²) in [5, 5.41) is 0. The first-order valence-corrected chi connectivity index (χ1v) is 5.26. The van der Waals surface area contributed by atoms with Crippen LogP contribution in [0.15, 0.2) is 23.2 Å². The summed E-state index contributed by atoms with van der Waals surface area (Å²) in [6, 6.07) is 0.944. The van der Waals surface area contributed by atoms with Gasteiger partial charge in [0.15, 0.2) is 0 Å². The van der Waals surface area contributed by atoms with E-state index in [1.165, 1.54) is 0 Å². The number of halogens is 7. The summed E-state index contributed by atoms with van der Waals surface area (Å²) in [7, 11) is 0. The smallest absolute Gasteiger partial charge is 0.386 e. The second kappa shape index (κ2) is 5.28. The van der Waals surface area contributed by atoms with Gasteiger partial charge in [0.2, 0.25) is 0 Å². The van der Waals surface area contributed by atoms with Gasteiger partial charge in [0, 0.05) is 0 Å². The van der Waals surface area contributed by atoms with E-state index in [0.29, 0.717) is 12.1 Å². The number of rotatable bonds is 2. The van der Waals surface area contributed by atoms with Gasteiger partial charge in [-0.25, -0.2) is 4.99 Å². The highest BCUT2D eigenvalue weighted by atomic mass is 35.5. The molecule has 0 saturated carbocycles. The summed E-state index contributed by atoms with van der Waals surface area (Å²) in [5.74, 6) is -0.591. The largest absolute Gasteiger partial charge is 0.416 e. The van der Waals surface area contributed by atoms with Crippen LogP contribution >= 0.6 is 11.6 Å². The van der Waals surface area contributed by atoms with Crippen molar-refractivity contribution in [3.63, 3.8) is 0 Å². The maximum atomic E-state index is 12.5. The Morgan fingerprint density at radius 1 is 1.00 bits per heavy atom. The van der Waals surface area contributed by atoms with E-state index in [4.69, 9.17) is 17.3 Å². The molecule has 1 rings (SSSR count). The van der Waals surface area contributed by atoms with Crippen LogP contribution in [0.4, 0.5) is 32.0 Å². The molecule has 0 aliphatic rings. The van der Waals surface area contributed by atoms with Crippen molar-refractivity contribution in [2.75, 3.05) is 5.88 Å². The highest BCUT2D eigenvalue weighted by Gasteiger charge is 2.36. The van der Waals surface area contributed by atoms with Crippen molar-refractivity contribution in [3.05, 3.63) is 29.3 Å². The summed E-state index contributed by atoms with van der Waals surface area (Å²) in [4.78, 5) is 3.39. The van der Waals surface area contributed by atoms with Crippen molar-refractivity contribution >= 4 is 23.1 Å². The van der Waals surface area contributed by atoms with Crippen LogP contribution in [0, 0.1) is 0 Å². The first-order valence-electron chi connectivity index (χ1n) is 4.72. The van der Waals surface area contributed by atoms with Crippen LogP contribution < -0.4 is 5.73 Å². The van der Waals surface area contributed by atoms with Crippen molar-refractivity contribution < 1.29 is 26.3 Å². The molecule has 106 valence electrons. The van der Waals surface area contributed by atoms with E-state index >= 15 is 0 Å². The van der Waals surface area contributed by atoms with E-state index in [1.54, 1.807) is 0 Å². The van der Waals surface area contributed by atoms with E-state index < -0.39 is 29.2 Å². The molecule has 0 spiro atoms. The number of hydrogen-bond donors (Lipinski definition) is 1. The third-order valence-corrected chi connectivity index (χ3v) is 2.26. The van der Waals surface area contributed by atoms with Gasteiger partial charge in [0.1, 0.15) is 5.84 Å². The summed E-state index contributed by atoms with van der Waals surface area (Å²) in [6.07, 6.45) is -9.83. The molecule has 19 heavy (non-hydrogen) atoms. The van der Waals surface area contributed by atoms with E-state index in [0.717, 1.165) is 0 Å². The number of nitrogens with two attached hydrogens (primary N) is 1. The standard InChI is InChI=1S/C10H7ClF6N2/c11-4-8(18)19-7-2-5(9(12,13)14)1-6(3-7)10(15,16)17/h1-3H,4H2,(H2,18,19). The second-order valence-corrected chi connectivity index (χ2v) is 3.77. The molecule has 0 aliphatic carbocycles. The third-order valence-electron chi connectivity index (χ3n) is 1.98. The molecule has 0 atom stereocenters. The lowest BCUT2D eigenvalue weighted by Crippen LogP contribution is -2.13. The van der Waals surface area contributed by atoms with Gasteiger partial charge in [0.05, 0.1) is 22.7 Å². The van der Waals surface area contributed by atoms with Crippen molar-refractivity contribution in [2.45, 2.75) is 12.4 Å². The molecule has 0 radical (unpaired) electrons. The highest BCUT2D eigenvalue weighted by molar-refractivity contribution is 6.28. The van der Waals surface area contributed by atoms with Crippen LogP contribution in [-0.2, 0) is 12.4 Å². The Hall–Kier alpha value is -1.44. The van der Waals surface area contributed by atoms with Crippen molar-refractivity contribution in [2.24, 2.45) is 10.7 Å². The molecule has 1 aromatic rings. The molecule has 0 bridgehead atoms. The zero-order valence-corrected chi connectivity index (χ0v) is 9.87. The fourth-order valence-corrected chi connectivity index (χ4v) is 1.26. The van der Waals surface area contributed by atoms with E-state index in [-0.39, 0.29) is 17.8 Å². The van der Waals surface area contributed by atoms with Gasteiger partial charge >= 0.3 is 12.4 Å². The molecule has 9 heteroatoms. The number of hydrogen-bond acceptors (Lipinski definition) is 1. The highest BCUT2D eigenvalue weighted by Crippen LogP contribution is 2.38. The number of nitrogens with zero attached hydrogens (tertiary/aromatic N) is 1. The third kappa shape index (κ3) is 4.30. The SMILES string of the molecule is NC(CCl)=Nc1cc(C(F)(F)F)cc(C(F)(F)F)c1. The lowest BCUT2D eigenvalue weighted by molar-refractivity contribution is -0.143. The number of aliphatic imine (C=N–C) groups is 1. The van der Waals surface area contributed by atoms with Crippen molar-refractivity contribution in [3.8, 4) is 0 Å². The topological polar surface area (TPSA) is 38.4 Å².